The van der Waals surface area contributed by atoms with Gasteiger partial charge in [-0.3, -0.25) is 10.1 Å². The number of amides is 1. The topological polar surface area (TPSA) is 83.8 Å². The van der Waals surface area contributed by atoms with Gasteiger partial charge >= 0.3 is 0 Å². The second-order valence-corrected chi connectivity index (χ2v) is 4.49. The summed E-state index contributed by atoms with van der Waals surface area (Å²) >= 11 is 5.03. The fourth-order valence-electron chi connectivity index (χ4n) is 2.12. The van der Waals surface area contributed by atoms with Crippen molar-refractivity contribution in [2.45, 2.75) is 25.7 Å². The molecule has 1 aromatic heterocycles. The monoisotopic (exact) mass is 238 g/mol. The number of aromatic nitrogens is 2. The lowest BCUT2D eigenvalue weighted by atomic mass is 9.85. The summed E-state index contributed by atoms with van der Waals surface area (Å²) in [5.74, 6) is 0.292. The van der Waals surface area contributed by atoms with E-state index in [0.717, 1.165) is 25.7 Å². The molecule has 0 radical (unpaired) electrons. The first-order valence-electron chi connectivity index (χ1n) is 5.26. The van der Waals surface area contributed by atoms with E-state index in [2.05, 4.69) is 15.3 Å². The third-order valence-electron chi connectivity index (χ3n) is 3.09. The molecule has 1 aliphatic carbocycles. The molecule has 4 N–H and O–H groups in total. The molecule has 0 saturated heterocycles. The SMILES string of the molecule is NC(=S)C1(C(=O)Nc2ncc[nH]2)CCCC1. The number of carbonyl (C=O) groups is 1. The molecular formula is C10H14N4OS. The van der Waals surface area contributed by atoms with E-state index in [4.69, 9.17) is 18.0 Å². The van der Waals surface area contributed by atoms with Gasteiger partial charge in [0.1, 0.15) is 0 Å². The van der Waals surface area contributed by atoms with Crippen molar-refractivity contribution in [3.8, 4) is 0 Å². The minimum absolute atomic E-state index is 0.146. The standard InChI is InChI=1S/C10H14N4OS/c11-7(16)10(3-1-2-4-10)8(15)14-9-12-5-6-13-9/h5-6H,1-4H2,(H2,11,16)(H2,12,13,14,15). The van der Waals surface area contributed by atoms with Crippen LogP contribution in [0.25, 0.3) is 0 Å². The first-order valence-corrected chi connectivity index (χ1v) is 5.67. The van der Waals surface area contributed by atoms with Crippen molar-refractivity contribution in [3.63, 3.8) is 0 Å². The maximum atomic E-state index is 12.1. The molecule has 0 aromatic carbocycles. The average molecular weight is 238 g/mol. The summed E-state index contributed by atoms with van der Waals surface area (Å²) in [6.45, 7) is 0. The lowest BCUT2D eigenvalue weighted by Gasteiger charge is -2.25. The van der Waals surface area contributed by atoms with Gasteiger partial charge in [-0.15, -0.1) is 0 Å². The van der Waals surface area contributed by atoms with E-state index in [1.807, 2.05) is 0 Å². The number of nitrogens with zero attached hydrogens (tertiary/aromatic N) is 1. The van der Waals surface area contributed by atoms with Crippen LogP contribution in [0.2, 0.25) is 0 Å². The molecule has 5 nitrogen and oxygen atoms in total. The van der Waals surface area contributed by atoms with E-state index >= 15 is 0 Å². The number of hydrogen-bond donors (Lipinski definition) is 3. The highest BCUT2D eigenvalue weighted by Crippen LogP contribution is 2.39. The highest BCUT2D eigenvalue weighted by Gasteiger charge is 2.44. The third-order valence-corrected chi connectivity index (χ3v) is 3.48. The van der Waals surface area contributed by atoms with Crippen LogP contribution in [0.15, 0.2) is 12.4 Å². The smallest absolute Gasteiger partial charge is 0.239 e. The number of anilines is 1. The second kappa shape index (κ2) is 4.21. The summed E-state index contributed by atoms with van der Waals surface area (Å²) in [7, 11) is 0. The number of nitrogens with one attached hydrogen (secondary N) is 2. The molecule has 1 heterocycles. The molecule has 2 rings (SSSR count). The molecule has 1 aromatic rings. The predicted molar refractivity (Wildman–Crippen MR) is 64.9 cm³/mol. The molecule has 0 bridgehead atoms. The maximum Gasteiger partial charge on any atom is 0.239 e. The van der Waals surface area contributed by atoms with Crippen LogP contribution >= 0.6 is 12.2 Å². The van der Waals surface area contributed by atoms with Crippen LogP contribution in [-0.2, 0) is 4.79 Å². The summed E-state index contributed by atoms with van der Waals surface area (Å²) in [4.78, 5) is 19.2. The van der Waals surface area contributed by atoms with Gasteiger partial charge in [0, 0.05) is 12.4 Å². The summed E-state index contributed by atoms with van der Waals surface area (Å²) in [5, 5.41) is 2.71. The molecule has 1 amide bonds. The van der Waals surface area contributed by atoms with Gasteiger partial charge in [0.25, 0.3) is 0 Å². The highest BCUT2D eigenvalue weighted by molar-refractivity contribution is 7.80. The molecule has 0 unspecified atom stereocenters. The van der Waals surface area contributed by atoms with Gasteiger partial charge in [0.15, 0.2) is 0 Å². The normalized spacial score (nSPS) is 18.2. The second-order valence-electron chi connectivity index (χ2n) is 4.05. The van der Waals surface area contributed by atoms with Crippen LogP contribution in [0.4, 0.5) is 5.95 Å². The van der Waals surface area contributed by atoms with Crippen molar-refractivity contribution in [1.29, 1.82) is 0 Å². The Hall–Kier alpha value is -1.43. The number of carbonyl (C=O) groups excluding carboxylic acids is 1. The minimum atomic E-state index is -0.678. The summed E-state index contributed by atoms with van der Waals surface area (Å²) in [6, 6.07) is 0. The molecule has 86 valence electrons. The largest absolute Gasteiger partial charge is 0.392 e. The number of imidazole rings is 1. The number of thiocarbonyl (C=S) groups is 1. The van der Waals surface area contributed by atoms with Gasteiger partial charge in [-0.05, 0) is 12.8 Å². The van der Waals surface area contributed by atoms with Crippen molar-refractivity contribution in [2.75, 3.05) is 5.32 Å². The van der Waals surface area contributed by atoms with Crippen LogP contribution in [0.1, 0.15) is 25.7 Å². The number of aromatic amines is 1. The Morgan fingerprint density at radius 3 is 2.75 bits per heavy atom. The lowest BCUT2D eigenvalue weighted by molar-refractivity contribution is -0.122. The van der Waals surface area contributed by atoms with E-state index in [1.54, 1.807) is 12.4 Å². The molecule has 1 aliphatic rings. The predicted octanol–water partition coefficient (Wildman–Crippen LogP) is 1.19. The Morgan fingerprint density at radius 1 is 1.56 bits per heavy atom. The Labute approximate surface area is 98.8 Å². The maximum absolute atomic E-state index is 12.1. The van der Waals surface area contributed by atoms with Crippen molar-refractivity contribution >= 4 is 29.1 Å². The molecule has 0 spiro atoms. The molecular weight excluding hydrogens is 224 g/mol. The van der Waals surface area contributed by atoms with E-state index < -0.39 is 5.41 Å². The number of hydrogen-bond acceptors (Lipinski definition) is 3. The van der Waals surface area contributed by atoms with Crippen LogP contribution in [0.3, 0.4) is 0 Å². The Balaban J connectivity index is 2.15. The Morgan fingerprint density at radius 2 is 2.25 bits per heavy atom. The molecule has 0 atom stereocenters. The van der Waals surface area contributed by atoms with E-state index in [-0.39, 0.29) is 10.9 Å². The van der Waals surface area contributed by atoms with Gasteiger partial charge in [-0.25, -0.2) is 4.98 Å². The average Bonchev–Trinajstić information content (AvgIpc) is 2.87. The zero-order chi connectivity index (χ0) is 11.6. The quantitative estimate of drug-likeness (QED) is 0.691. The van der Waals surface area contributed by atoms with Crippen molar-refractivity contribution in [1.82, 2.24) is 9.97 Å². The van der Waals surface area contributed by atoms with E-state index in [0.29, 0.717) is 5.95 Å². The fraction of sp³-hybridized carbons (Fsp3) is 0.500. The van der Waals surface area contributed by atoms with Gasteiger partial charge in [0.05, 0.1) is 10.4 Å². The molecule has 1 saturated carbocycles. The van der Waals surface area contributed by atoms with Gasteiger partial charge in [-0.1, -0.05) is 25.1 Å². The summed E-state index contributed by atoms with van der Waals surface area (Å²) in [5.41, 5.74) is 5.02. The van der Waals surface area contributed by atoms with Crippen LogP contribution in [0, 0.1) is 5.41 Å². The molecule has 6 heteroatoms. The van der Waals surface area contributed by atoms with Crippen LogP contribution in [-0.4, -0.2) is 20.9 Å². The lowest BCUT2D eigenvalue weighted by Crippen LogP contribution is -2.44. The summed E-state index contributed by atoms with van der Waals surface area (Å²) < 4.78 is 0. The Bertz CT molecular complexity index is 395. The molecule has 16 heavy (non-hydrogen) atoms. The first-order chi connectivity index (χ1) is 7.65. The van der Waals surface area contributed by atoms with Gasteiger partial charge in [0.2, 0.25) is 11.9 Å². The van der Waals surface area contributed by atoms with Crippen molar-refractivity contribution in [2.24, 2.45) is 11.1 Å². The van der Waals surface area contributed by atoms with Crippen molar-refractivity contribution < 1.29 is 4.79 Å². The molecule has 1 fully saturated rings. The van der Waals surface area contributed by atoms with E-state index in [1.165, 1.54) is 0 Å². The summed E-state index contributed by atoms with van der Waals surface area (Å²) in [6.07, 6.45) is 6.67. The van der Waals surface area contributed by atoms with E-state index in [9.17, 15) is 4.79 Å². The zero-order valence-corrected chi connectivity index (χ0v) is 9.64. The number of rotatable bonds is 3. The number of nitrogens with two attached hydrogens (primary N) is 1. The van der Waals surface area contributed by atoms with Gasteiger partial charge in [-0.2, -0.15) is 0 Å². The fourth-order valence-corrected chi connectivity index (χ4v) is 2.42. The third kappa shape index (κ3) is 1.80. The minimum Gasteiger partial charge on any atom is -0.392 e. The van der Waals surface area contributed by atoms with Gasteiger partial charge < -0.3 is 10.7 Å². The number of H-pyrrole nitrogens is 1. The first kappa shape index (κ1) is 11.1. The van der Waals surface area contributed by atoms with Crippen LogP contribution in [0.5, 0.6) is 0 Å². The van der Waals surface area contributed by atoms with Crippen molar-refractivity contribution in [3.05, 3.63) is 12.4 Å². The molecule has 0 aliphatic heterocycles. The highest BCUT2D eigenvalue weighted by atomic mass is 32.1. The van der Waals surface area contributed by atoms with Crippen LogP contribution < -0.4 is 11.1 Å². The zero-order valence-electron chi connectivity index (χ0n) is 8.82. The Kier molecular flexibility index (Phi) is 2.91.